The maximum Gasteiger partial charge on any atom is 0.226 e. The molecule has 9 heteroatoms. The molecule has 0 bridgehead atoms. The van der Waals surface area contributed by atoms with Gasteiger partial charge in [-0.3, -0.25) is 0 Å². The third-order valence-electron chi connectivity index (χ3n) is 5.01. The lowest BCUT2D eigenvalue weighted by molar-refractivity contribution is 0.234. The fraction of sp³-hybridized carbons (Fsp3) is 0.429. The largest absolute Gasteiger partial charge is 0.480 e. The van der Waals surface area contributed by atoms with E-state index in [4.69, 9.17) is 4.74 Å². The van der Waals surface area contributed by atoms with Gasteiger partial charge in [0.1, 0.15) is 11.2 Å². The van der Waals surface area contributed by atoms with Gasteiger partial charge in [-0.25, -0.2) is 14.1 Å². The van der Waals surface area contributed by atoms with Crippen LogP contribution in [0.1, 0.15) is 37.6 Å². The Morgan fingerprint density at radius 1 is 1.33 bits per heavy atom. The van der Waals surface area contributed by atoms with Crippen molar-refractivity contribution in [1.82, 2.24) is 30.3 Å². The summed E-state index contributed by atoms with van der Waals surface area (Å²) in [5.74, 6) is 0.794. The predicted molar refractivity (Wildman–Crippen MR) is 114 cm³/mol. The summed E-state index contributed by atoms with van der Waals surface area (Å²) in [7, 11) is 3.45. The van der Waals surface area contributed by atoms with Gasteiger partial charge in [0.2, 0.25) is 11.8 Å². The smallest absolute Gasteiger partial charge is 0.226 e. The number of aromatic nitrogens is 5. The van der Waals surface area contributed by atoms with Crippen molar-refractivity contribution in [2.75, 3.05) is 19.0 Å². The molecule has 1 aliphatic heterocycles. The van der Waals surface area contributed by atoms with Gasteiger partial charge >= 0.3 is 0 Å². The molecule has 1 aromatic carbocycles. The van der Waals surface area contributed by atoms with E-state index in [0.717, 1.165) is 33.4 Å². The standard InChI is InChI=1S/C21H26FN7O/c1-12-8-14(13-6-7-15-17(9-13)29(4)28-27-15)18-16(10-23-12)25-20(26-19(18)30-5)24-11-21(2,3)22/h6-9,12,23H,10-11H2,1-5H3,(H,24,25,26)/t12-/m1/s1. The first-order valence-corrected chi connectivity index (χ1v) is 9.88. The molecular formula is C21H26FN7O. The Balaban J connectivity index is 1.83. The molecule has 1 atom stereocenters. The summed E-state index contributed by atoms with van der Waals surface area (Å²) in [5.41, 5.74) is 3.97. The van der Waals surface area contributed by atoms with Crippen molar-refractivity contribution in [3.63, 3.8) is 0 Å². The molecule has 3 aromatic rings. The third-order valence-corrected chi connectivity index (χ3v) is 5.01. The number of rotatable bonds is 5. The summed E-state index contributed by atoms with van der Waals surface area (Å²) >= 11 is 0. The molecule has 30 heavy (non-hydrogen) atoms. The topological polar surface area (TPSA) is 89.8 Å². The monoisotopic (exact) mass is 411 g/mol. The van der Waals surface area contributed by atoms with E-state index in [2.05, 4.69) is 50.0 Å². The van der Waals surface area contributed by atoms with Crippen molar-refractivity contribution in [2.45, 2.75) is 39.0 Å². The summed E-state index contributed by atoms with van der Waals surface area (Å²) in [6, 6.07) is 6.14. The van der Waals surface area contributed by atoms with Gasteiger partial charge in [0.15, 0.2) is 0 Å². The minimum absolute atomic E-state index is 0.103. The Labute approximate surface area is 174 Å². The normalized spacial score (nSPS) is 16.7. The van der Waals surface area contributed by atoms with E-state index in [-0.39, 0.29) is 12.6 Å². The molecule has 0 radical (unpaired) electrons. The third kappa shape index (κ3) is 3.97. The zero-order valence-corrected chi connectivity index (χ0v) is 17.8. The first-order valence-electron chi connectivity index (χ1n) is 9.88. The summed E-state index contributed by atoms with van der Waals surface area (Å²) in [5, 5.41) is 14.7. The highest BCUT2D eigenvalue weighted by Crippen LogP contribution is 2.35. The molecule has 0 saturated carbocycles. The summed E-state index contributed by atoms with van der Waals surface area (Å²) in [4.78, 5) is 9.17. The van der Waals surface area contributed by atoms with Crippen LogP contribution in [0.15, 0.2) is 24.3 Å². The minimum Gasteiger partial charge on any atom is -0.480 e. The van der Waals surface area contributed by atoms with Gasteiger partial charge in [-0.05, 0) is 44.0 Å². The summed E-state index contributed by atoms with van der Waals surface area (Å²) in [6.07, 6.45) is 2.14. The number of hydrogen-bond acceptors (Lipinski definition) is 7. The molecule has 0 spiro atoms. The van der Waals surface area contributed by atoms with Crippen LogP contribution in [0, 0.1) is 0 Å². The Morgan fingerprint density at radius 3 is 2.87 bits per heavy atom. The van der Waals surface area contributed by atoms with Crippen molar-refractivity contribution < 1.29 is 9.13 Å². The molecule has 0 amide bonds. The maximum absolute atomic E-state index is 13.9. The molecular weight excluding hydrogens is 385 g/mol. The van der Waals surface area contributed by atoms with E-state index in [0.29, 0.717) is 18.4 Å². The zero-order chi connectivity index (χ0) is 21.5. The van der Waals surface area contributed by atoms with Crippen LogP contribution < -0.4 is 15.4 Å². The Bertz CT molecular complexity index is 1120. The lowest BCUT2D eigenvalue weighted by atomic mass is 9.96. The van der Waals surface area contributed by atoms with Crippen molar-refractivity contribution in [3.8, 4) is 5.88 Å². The van der Waals surface area contributed by atoms with Crippen LogP contribution in [0.5, 0.6) is 5.88 Å². The van der Waals surface area contributed by atoms with Gasteiger partial charge in [0.25, 0.3) is 0 Å². The molecule has 158 valence electrons. The van der Waals surface area contributed by atoms with E-state index >= 15 is 0 Å². The lowest BCUT2D eigenvalue weighted by Gasteiger charge is -2.18. The Kier molecular flexibility index (Phi) is 5.15. The van der Waals surface area contributed by atoms with Crippen LogP contribution in [0.2, 0.25) is 0 Å². The van der Waals surface area contributed by atoms with Gasteiger partial charge in [0, 0.05) is 19.6 Å². The molecule has 0 saturated heterocycles. The van der Waals surface area contributed by atoms with Gasteiger partial charge in [-0.1, -0.05) is 17.4 Å². The van der Waals surface area contributed by atoms with Crippen molar-refractivity contribution >= 4 is 22.6 Å². The molecule has 3 heterocycles. The number of aryl methyl sites for hydroxylation is 1. The zero-order valence-electron chi connectivity index (χ0n) is 17.8. The summed E-state index contributed by atoms with van der Waals surface area (Å²) < 4.78 is 21.3. The molecule has 0 fully saturated rings. The molecule has 0 unspecified atom stereocenters. The van der Waals surface area contributed by atoms with Gasteiger partial charge in [0.05, 0.1) is 30.4 Å². The number of anilines is 1. The SMILES string of the molecule is COc1nc(NCC(C)(C)F)nc2c1C(c1ccc3nnn(C)c3c1)=C[C@@H](C)NC2. The van der Waals surface area contributed by atoms with E-state index < -0.39 is 5.67 Å². The van der Waals surface area contributed by atoms with Crippen molar-refractivity contribution in [2.24, 2.45) is 7.05 Å². The number of nitrogens with zero attached hydrogens (tertiary/aromatic N) is 5. The second-order valence-corrected chi connectivity index (χ2v) is 8.12. The first kappa shape index (κ1) is 20.2. The Morgan fingerprint density at radius 2 is 2.13 bits per heavy atom. The van der Waals surface area contributed by atoms with Gasteiger partial charge < -0.3 is 15.4 Å². The van der Waals surface area contributed by atoms with Crippen LogP contribution in [-0.4, -0.2) is 50.3 Å². The number of fused-ring (bicyclic) bond motifs is 2. The molecule has 2 aromatic heterocycles. The molecule has 8 nitrogen and oxygen atoms in total. The molecule has 0 aliphatic carbocycles. The lowest BCUT2D eigenvalue weighted by Crippen LogP contribution is -2.26. The van der Waals surface area contributed by atoms with E-state index in [9.17, 15) is 4.39 Å². The fourth-order valence-electron chi connectivity index (χ4n) is 3.49. The first-order chi connectivity index (χ1) is 14.2. The van der Waals surface area contributed by atoms with Gasteiger partial charge in [-0.15, -0.1) is 5.10 Å². The highest BCUT2D eigenvalue weighted by atomic mass is 19.1. The average Bonchev–Trinajstić information content (AvgIpc) is 2.99. The van der Waals surface area contributed by atoms with Crippen LogP contribution >= 0.6 is 0 Å². The quantitative estimate of drug-likeness (QED) is 0.667. The van der Waals surface area contributed by atoms with E-state index in [1.165, 1.54) is 13.8 Å². The molecule has 2 N–H and O–H groups in total. The Hall–Kier alpha value is -3.07. The van der Waals surface area contributed by atoms with Crippen LogP contribution in [-0.2, 0) is 13.6 Å². The molecule has 4 rings (SSSR count). The van der Waals surface area contributed by atoms with E-state index in [1.54, 1.807) is 11.8 Å². The molecule has 1 aliphatic rings. The van der Waals surface area contributed by atoms with Crippen LogP contribution in [0.25, 0.3) is 16.6 Å². The van der Waals surface area contributed by atoms with Crippen molar-refractivity contribution in [1.29, 1.82) is 0 Å². The maximum atomic E-state index is 13.9. The van der Waals surface area contributed by atoms with Crippen molar-refractivity contribution in [3.05, 3.63) is 41.1 Å². The summed E-state index contributed by atoms with van der Waals surface area (Å²) in [6.45, 7) is 5.74. The highest BCUT2D eigenvalue weighted by molar-refractivity contribution is 5.88. The van der Waals surface area contributed by atoms with E-state index in [1.807, 2.05) is 19.2 Å². The number of alkyl halides is 1. The second kappa shape index (κ2) is 7.64. The minimum atomic E-state index is -1.38. The number of methoxy groups -OCH3 is 1. The highest BCUT2D eigenvalue weighted by Gasteiger charge is 2.25. The van der Waals surface area contributed by atoms with Gasteiger partial charge in [-0.2, -0.15) is 4.98 Å². The number of ether oxygens (including phenoxy) is 1. The second-order valence-electron chi connectivity index (χ2n) is 8.12. The number of nitrogens with one attached hydrogen (secondary N) is 2. The van der Waals surface area contributed by atoms with Crippen LogP contribution in [0.4, 0.5) is 10.3 Å². The number of hydrogen-bond donors (Lipinski definition) is 2. The fourth-order valence-corrected chi connectivity index (χ4v) is 3.49. The predicted octanol–water partition coefficient (Wildman–Crippen LogP) is 2.85. The number of benzene rings is 1. The average molecular weight is 411 g/mol. The number of halogens is 1. The van der Waals surface area contributed by atoms with Crippen LogP contribution in [0.3, 0.4) is 0 Å².